The maximum Gasteiger partial charge on any atom is 0.0964 e. The molecular formula is C11H20N4O2. The number of aliphatic hydroxyl groups excluding tert-OH is 1. The molecule has 0 amide bonds. The van der Waals surface area contributed by atoms with Gasteiger partial charge in [-0.15, -0.1) is 5.10 Å². The largest absolute Gasteiger partial charge is 0.394 e. The molecule has 0 radical (unpaired) electrons. The van der Waals surface area contributed by atoms with E-state index in [9.17, 15) is 0 Å². The van der Waals surface area contributed by atoms with Crippen molar-refractivity contribution in [1.29, 1.82) is 0 Å². The lowest BCUT2D eigenvalue weighted by Gasteiger charge is -2.11. The molecule has 1 aliphatic carbocycles. The van der Waals surface area contributed by atoms with Gasteiger partial charge in [0, 0.05) is 25.9 Å². The van der Waals surface area contributed by atoms with Gasteiger partial charge in [-0.2, -0.15) is 0 Å². The molecule has 1 aromatic heterocycles. The number of nitrogens with one attached hydrogen (secondary N) is 1. The number of ether oxygens (including phenoxy) is 1. The van der Waals surface area contributed by atoms with E-state index in [-0.39, 0.29) is 6.61 Å². The quantitative estimate of drug-likeness (QED) is 0.728. The second-order valence-electron chi connectivity index (χ2n) is 4.45. The Hall–Kier alpha value is -0.980. The highest BCUT2D eigenvalue weighted by atomic mass is 16.5. The predicted octanol–water partition coefficient (Wildman–Crippen LogP) is -0.0725. The Morgan fingerprint density at radius 3 is 3.18 bits per heavy atom. The Kier molecular flexibility index (Phi) is 4.47. The molecule has 0 saturated heterocycles. The fourth-order valence-electron chi connectivity index (χ4n) is 2.22. The van der Waals surface area contributed by atoms with Crippen molar-refractivity contribution in [2.75, 3.05) is 13.7 Å². The van der Waals surface area contributed by atoms with Crippen LogP contribution in [-0.4, -0.2) is 46.0 Å². The van der Waals surface area contributed by atoms with Gasteiger partial charge >= 0.3 is 0 Å². The SMILES string of the molecule is COC1CCC(NCc2cn(CCO)nn2)C1. The molecule has 1 saturated carbocycles. The van der Waals surface area contributed by atoms with Gasteiger partial charge in [-0.1, -0.05) is 5.21 Å². The Bertz CT molecular complexity index is 342. The van der Waals surface area contributed by atoms with E-state index < -0.39 is 0 Å². The topological polar surface area (TPSA) is 72.2 Å². The van der Waals surface area contributed by atoms with Crippen molar-refractivity contribution < 1.29 is 9.84 Å². The highest BCUT2D eigenvalue weighted by Crippen LogP contribution is 2.21. The van der Waals surface area contributed by atoms with E-state index in [2.05, 4.69) is 15.6 Å². The monoisotopic (exact) mass is 240 g/mol. The smallest absolute Gasteiger partial charge is 0.0964 e. The van der Waals surface area contributed by atoms with Gasteiger partial charge in [0.15, 0.2) is 0 Å². The summed E-state index contributed by atoms with van der Waals surface area (Å²) in [4.78, 5) is 0. The zero-order valence-corrected chi connectivity index (χ0v) is 10.2. The van der Waals surface area contributed by atoms with E-state index in [1.807, 2.05) is 6.20 Å². The lowest BCUT2D eigenvalue weighted by molar-refractivity contribution is 0.107. The predicted molar refractivity (Wildman–Crippen MR) is 62.4 cm³/mol. The third kappa shape index (κ3) is 3.49. The minimum atomic E-state index is 0.0916. The van der Waals surface area contributed by atoms with Crippen LogP contribution in [0.2, 0.25) is 0 Å². The highest BCUT2D eigenvalue weighted by Gasteiger charge is 2.23. The molecule has 17 heavy (non-hydrogen) atoms. The lowest BCUT2D eigenvalue weighted by Crippen LogP contribution is -2.26. The first kappa shape index (κ1) is 12.5. The fraction of sp³-hybridized carbons (Fsp3) is 0.818. The maximum atomic E-state index is 8.77. The van der Waals surface area contributed by atoms with Crippen molar-refractivity contribution >= 4 is 0 Å². The van der Waals surface area contributed by atoms with Crippen LogP contribution in [0, 0.1) is 0 Å². The maximum absolute atomic E-state index is 8.77. The average Bonchev–Trinajstić information content (AvgIpc) is 2.95. The van der Waals surface area contributed by atoms with Crippen LogP contribution in [0.1, 0.15) is 25.0 Å². The van der Waals surface area contributed by atoms with E-state index in [1.165, 1.54) is 0 Å². The van der Waals surface area contributed by atoms with Crippen LogP contribution in [0.5, 0.6) is 0 Å². The lowest BCUT2D eigenvalue weighted by atomic mass is 10.2. The van der Waals surface area contributed by atoms with Crippen LogP contribution in [0.15, 0.2) is 6.20 Å². The summed E-state index contributed by atoms with van der Waals surface area (Å²) in [5.41, 5.74) is 0.916. The molecule has 0 aromatic carbocycles. The first-order valence-electron chi connectivity index (χ1n) is 6.08. The Morgan fingerprint density at radius 1 is 1.59 bits per heavy atom. The molecule has 1 heterocycles. The Balaban J connectivity index is 1.74. The van der Waals surface area contributed by atoms with Crippen molar-refractivity contribution in [2.45, 2.75) is 44.5 Å². The van der Waals surface area contributed by atoms with Gasteiger partial charge in [-0.25, -0.2) is 4.68 Å². The summed E-state index contributed by atoms with van der Waals surface area (Å²) < 4.78 is 6.99. The van der Waals surface area contributed by atoms with Gasteiger partial charge in [0.25, 0.3) is 0 Å². The fourth-order valence-corrected chi connectivity index (χ4v) is 2.22. The zero-order valence-electron chi connectivity index (χ0n) is 10.2. The van der Waals surface area contributed by atoms with E-state index in [1.54, 1.807) is 11.8 Å². The van der Waals surface area contributed by atoms with Crippen molar-refractivity contribution in [2.24, 2.45) is 0 Å². The molecule has 1 fully saturated rings. The first-order chi connectivity index (χ1) is 8.31. The van der Waals surface area contributed by atoms with Crippen LogP contribution in [-0.2, 0) is 17.8 Å². The molecule has 1 aromatic rings. The molecule has 1 aliphatic rings. The van der Waals surface area contributed by atoms with Gasteiger partial charge in [-0.05, 0) is 19.3 Å². The summed E-state index contributed by atoms with van der Waals surface area (Å²) in [7, 11) is 1.77. The zero-order chi connectivity index (χ0) is 12.1. The summed E-state index contributed by atoms with van der Waals surface area (Å²) >= 11 is 0. The molecule has 0 bridgehead atoms. The van der Waals surface area contributed by atoms with Gasteiger partial charge in [0.1, 0.15) is 0 Å². The minimum absolute atomic E-state index is 0.0916. The normalized spacial score (nSPS) is 24.4. The second kappa shape index (κ2) is 6.09. The number of hydrogen-bond donors (Lipinski definition) is 2. The average molecular weight is 240 g/mol. The third-order valence-electron chi connectivity index (χ3n) is 3.20. The molecular weight excluding hydrogens is 220 g/mol. The minimum Gasteiger partial charge on any atom is -0.394 e. The van der Waals surface area contributed by atoms with Gasteiger partial charge in [0.2, 0.25) is 0 Å². The van der Waals surface area contributed by atoms with Crippen molar-refractivity contribution in [3.05, 3.63) is 11.9 Å². The van der Waals surface area contributed by atoms with Crippen LogP contribution >= 0.6 is 0 Å². The number of methoxy groups -OCH3 is 1. The Morgan fingerprint density at radius 2 is 2.47 bits per heavy atom. The summed E-state index contributed by atoms with van der Waals surface area (Å²) in [6.07, 6.45) is 5.62. The van der Waals surface area contributed by atoms with Crippen molar-refractivity contribution in [3.63, 3.8) is 0 Å². The number of aliphatic hydroxyl groups is 1. The summed E-state index contributed by atoms with van der Waals surface area (Å²) in [5.74, 6) is 0. The molecule has 2 N–H and O–H groups in total. The second-order valence-corrected chi connectivity index (χ2v) is 4.45. The van der Waals surface area contributed by atoms with Crippen LogP contribution in [0.25, 0.3) is 0 Å². The number of hydrogen-bond acceptors (Lipinski definition) is 5. The molecule has 6 nitrogen and oxygen atoms in total. The molecule has 0 aliphatic heterocycles. The molecule has 2 rings (SSSR count). The van der Waals surface area contributed by atoms with E-state index in [0.29, 0.717) is 18.7 Å². The van der Waals surface area contributed by atoms with Gasteiger partial charge < -0.3 is 15.2 Å². The van der Waals surface area contributed by atoms with Crippen molar-refractivity contribution in [1.82, 2.24) is 20.3 Å². The number of nitrogens with zero attached hydrogens (tertiary/aromatic N) is 3. The van der Waals surface area contributed by atoms with E-state index in [4.69, 9.17) is 9.84 Å². The summed E-state index contributed by atoms with van der Waals surface area (Å²) in [5, 5.41) is 20.2. The van der Waals surface area contributed by atoms with E-state index in [0.717, 1.165) is 31.5 Å². The Labute approximate surface area is 101 Å². The standard InChI is InChI=1S/C11H20N4O2/c1-17-11-3-2-9(6-11)12-7-10-8-15(4-5-16)14-13-10/h8-9,11-12,16H,2-7H2,1H3. The molecule has 6 heteroatoms. The highest BCUT2D eigenvalue weighted by molar-refractivity contribution is 4.93. The molecule has 2 unspecified atom stereocenters. The molecule has 0 spiro atoms. The molecule has 96 valence electrons. The van der Waals surface area contributed by atoms with Crippen molar-refractivity contribution in [3.8, 4) is 0 Å². The van der Waals surface area contributed by atoms with E-state index >= 15 is 0 Å². The molecule has 2 atom stereocenters. The summed E-state index contributed by atoms with van der Waals surface area (Å²) in [6, 6.07) is 0.517. The third-order valence-corrected chi connectivity index (χ3v) is 3.20. The van der Waals surface area contributed by atoms with Crippen LogP contribution < -0.4 is 5.32 Å². The first-order valence-corrected chi connectivity index (χ1v) is 6.08. The van der Waals surface area contributed by atoms with Gasteiger partial charge in [0.05, 0.1) is 24.9 Å². The number of rotatable bonds is 6. The van der Waals surface area contributed by atoms with Crippen LogP contribution in [0.3, 0.4) is 0 Å². The number of aromatic nitrogens is 3. The summed E-state index contributed by atoms with van der Waals surface area (Å²) in [6.45, 7) is 1.32. The van der Waals surface area contributed by atoms with Gasteiger partial charge in [-0.3, -0.25) is 0 Å². The van der Waals surface area contributed by atoms with Crippen LogP contribution in [0.4, 0.5) is 0 Å².